The number of hydrogen-bond acceptors (Lipinski definition) is 4. The summed E-state index contributed by atoms with van der Waals surface area (Å²) in [6, 6.07) is 25.9. The van der Waals surface area contributed by atoms with E-state index < -0.39 is 0 Å². The van der Waals surface area contributed by atoms with Crippen LogP contribution in [0.1, 0.15) is 16.8 Å². The minimum absolute atomic E-state index is 0.520. The Kier molecular flexibility index (Phi) is 6.42. The maximum absolute atomic E-state index is 6.32. The van der Waals surface area contributed by atoms with Crippen LogP contribution in [0.15, 0.2) is 78.9 Å². The molecule has 0 aliphatic rings. The highest BCUT2D eigenvalue weighted by molar-refractivity contribution is 6.31. The van der Waals surface area contributed by atoms with Crippen LogP contribution in [-0.4, -0.2) is 22.1 Å². The Labute approximate surface area is 181 Å². The summed E-state index contributed by atoms with van der Waals surface area (Å²) in [4.78, 5) is 1.71. The zero-order valence-corrected chi connectivity index (χ0v) is 17.5. The highest BCUT2D eigenvalue weighted by Gasteiger charge is 2.14. The van der Waals surface area contributed by atoms with Crippen molar-refractivity contribution in [2.24, 2.45) is 0 Å². The Bertz CT molecular complexity index is 1110. The largest absolute Gasteiger partial charge is 0.496 e. The van der Waals surface area contributed by atoms with Crippen molar-refractivity contribution in [3.05, 3.63) is 101 Å². The average Bonchev–Trinajstić information content (AvgIpc) is 3.19. The quantitative estimate of drug-likeness (QED) is 0.440. The molecule has 0 saturated heterocycles. The Morgan fingerprint density at radius 2 is 1.53 bits per heavy atom. The number of hydrogen-bond donors (Lipinski definition) is 1. The van der Waals surface area contributed by atoms with Crippen LogP contribution in [0.3, 0.4) is 0 Å². The van der Waals surface area contributed by atoms with Crippen molar-refractivity contribution in [1.29, 1.82) is 0 Å². The number of aromatic nitrogens is 3. The van der Waals surface area contributed by atoms with Crippen LogP contribution in [0.2, 0.25) is 5.02 Å². The smallest absolute Gasteiger partial charge is 0.123 e. The molecule has 6 heteroatoms. The molecule has 0 saturated carbocycles. The van der Waals surface area contributed by atoms with Gasteiger partial charge in [-0.15, -0.1) is 0 Å². The highest BCUT2D eigenvalue weighted by atomic mass is 35.5. The Morgan fingerprint density at radius 3 is 2.30 bits per heavy atom. The van der Waals surface area contributed by atoms with Crippen molar-refractivity contribution >= 4 is 11.6 Å². The Morgan fingerprint density at radius 1 is 0.833 bits per heavy atom. The average molecular weight is 419 g/mol. The van der Waals surface area contributed by atoms with Gasteiger partial charge in [0.2, 0.25) is 0 Å². The third kappa shape index (κ3) is 4.70. The number of para-hydroxylation sites is 1. The molecule has 1 heterocycles. The van der Waals surface area contributed by atoms with E-state index in [-0.39, 0.29) is 0 Å². The van der Waals surface area contributed by atoms with E-state index >= 15 is 0 Å². The molecule has 0 amide bonds. The molecule has 4 aromatic rings. The van der Waals surface area contributed by atoms with Gasteiger partial charge in [0.1, 0.15) is 17.1 Å². The van der Waals surface area contributed by atoms with E-state index in [9.17, 15) is 0 Å². The first-order valence-electron chi connectivity index (χ1n) is 9.80. The fraction of sp³-hybridized carbons (Fsp3) is 0.167. The summed E-state index contributed by atoms with van der Waals surface area (Å²) >= 11 is 6.32. The van der Waals surface area contributed by atoms with Crippen LogP contribution in [0, 0.1) is 0 Å². The molecule has 3 aromatic carbocycles. The summed E-state index contributed by atoms with van der Waals surface area (Å²) in [5.74, 6) is 0.871. The molecule has 30 heavy (non-hydrogen) atoms. The number of ether oxygens (including phenoxy) is 1. The van der Waals surface area contributed by atoms with Gasteiger partial charge in [0, 0.05) is 29.2 Å². The number of nitrogens with zero attached hydrogens (tertiary/aromatic N) is 3. The van der Waals surface area contributed by atoms with Crippen LogP contribution in [0.5, 0.6) is 5.75 Å². The van der Waals surface area contributed by atoms with Crippen molar-refractivity contribution in [1.82, 2.24) is 20.3 Å². The first kappa shape index (κ1) is 20.1. The molecule has 0 fully saturated rings. The molecular formula is C24H23ClN4O. The molecular weight excluding hydrogens is 396 g/mol. The van der Waals surface area contributed by atoms with Crippen molar-refractivity contribution in [2.45, 2.75) is 19.6 Å². The first-order chi connectivity index (χ1) is 14.7. The zero-order valence-electron chi connectivity index (χ0n) is 16.8. The molecule has 1 aromatic heterocycles. The maximum atomic E-state index is 6.32. The molecule has 5 nitrogen and oxygen atoms in total. The standard InChI is InChI=1S/C24H23ClN4O/c1-30-23-14-8-6-11-19(23)15-26-16-22-24(18-9-3-2-4-10-18)28-29(27-22)17-20-12-5-7-13-21(20)25/h2-14,26H,15-17H2,1H3. The lowest BCUT2D eigenvalue weighted by molar-refractivity contribution is 0.407. The van der Waals surface area contributed by atoms with Gasteiger partial charge < -0.3 is 10.1 Å². The molecule has 0 atom stereocenters. The summed E-state index contributed by atoms with van der Waals surface area (Å²) in [6.45, 7) is 1.78. The minimum atomic E-state index is 0.520. The summed E-state index contributed by atoms with van der Waals surface area (Å²) in [5, 5.41) is 13.7. The van der Waals surface area contributed by atoms with Gasteiger partial charge in [-0.2, -0.15) is 15.0 Å². The van der Waals surface area contributed by atoms with Crippen LogP contribution >= 0.6 is 11.6 Å². The summed E-state index contributed by atoms with van der Waals surface area (Å²) in [6.07, 6.45) is 0. The topological polar surface area (TPSA) is 52.0 Å². The predicted molar refractivity (Wildman–Crippen MR) is 120 cm³/mol. The zero-order chi connectivity index (χ0) is 20.8. The van der Waals surface area contributed by atoms with Gasteiger partial charge in [0.05, 0.1) is 13.7 Å². The number of nitrogens with one attached hydrogen (secondary N) is 1. The van der Waals surface area contributed by atoms with Crippen molar-refractivity contribution < 1.29 is 4.74 Å². The monoisotopic (exact) mass is 418 g/mol. The Balaban J connectivity index is 1.56. The second-order valence-electron chi connectivity index (χ2n) is 6.90. The molecule has 0 spiro atoms. The van der Waals surface area contributed by atoms with Crippen molar-refractivity contribution in [3.63, 3.8) is 0 Å². The van der Waals surface area contributed by atoms with Gasteiger partial charge in [-0.3, -0.25) is 0 Å². The SMILES string of the molecule is COc1ccccc1CNCc1nn(Cc2ccccc2Cl)nc1-c1ccccc1. The van der Waals surface area contributed by atoms with Gasteiger partial charge in [-0.05, 0) is 17.7 Å². The van der Waals surface area contributed by atoms with Crippen molar-refractivity contribution in [3.8, 4) is 17.0 Å². The van der Waals surface area contributed by atoms with Gasteiger partial charge in [-0.1, -0.05) is 78.3 Å². The van der Waals surface area contributed by atoms with E-state index in [1.807, 2.05) is 72.8 Å². The number of halogens is 1. The van der Waals surface area contributed by atoms with E-state index in [0.717, 1.165) is 33.8 Å². The van der Waals surface area contributed by atoms with Gasteiger partial charge in [0.25, 0.3) is 0 Å². The van der Waals surface area contributed by atoms with E-state index in [4.69, 9.17) is 26.5 Å². The number of benzene rings is 3. The number of rotatable bonds is 8. The van der Waals surface area contributed by atoms with E-state index in [0.29, 0.717) is 24.7 Å². The van der Waals surface area contributed by atoms with E-state index in [1.54, 1.807) is 11.9 Å². The number of methoxy groups -OCH3 is 1. The second kappa shape index (κ2) is 9.57. The molecule has 4 rings (SSSR count). The van der Waals surface area contributed by atoms with Gasteiger partial charge in [0.15, 0.2) is 0 Å². The molecule has 0 aliphatic carbocycles. The lowest BCUT2D eigenvalue weighted by atomic mass is 10.1. The minimum Gasteiger partial charge on any atom is -0.496 e. The first-order valence-corrected chi connectivity index (χ1v) is 10.2. The summed E-state index contributed by atoms with van der Waals surface area (Å²) in [7, 11) is 1.69. The molecule has 0 radical (unpaired) electrons. The molecule has 1 N–H and O–H groups in total. The lowest BCUT2D eigenvalue weighted by Crippen LogP contribution is -2.14. The summed E-state index contributed by atoms with van der Waals surface area (Å²) in [5.41, 5.74) is 4.89. The molecule has 152 valence electrons. The fourth-order valence-electron chi connectivity index (χ4n) is 3.34. The van der Waals surface area contributed by atoms with E-state index in [2.05, 4.69) is 11.4 Å². The van der Waals surface area contributed by atoms with Crippen LogP contribution in [0.25, 0.3) is 11.3 Å². The van der Waals surface area contributed by atoms with Gasteiger partial charge in [-0.25, -0.2) is 0 Å². The van der Waals surface area contributed by atoms with Crippen LogP contribution in [-0.2, 0) is 19.6 Å². The van der Waals surface area contributed by atoms with E-state index in [1.165, 1.54) is 0 Å². The normalized spacial score (nSPS) is 10.9. The maximum Gasteiger partial charge on any atom is 0.123 e. The molecule has 0 unspecified atom stereocenters. The third-order valence-electron chi connectivity index (χ3n) is 4.84. The molecule has 0 aliphatic heterocycles. The second-order valence-corrected chi connectivity index (χ2v) is 7.31. The summed E-state index contributed by atoms with van der Waals surface area (Å²) < 4.78 is 5.44. The highest BCUT2D eigenvalue weighted by Crippen LogP contribution is 2.22. The van der Waals surface area contributed by atoms with Crippen LogP contribution < -0.4 is 10.1 Å². The Hall–Kier alpha value is -3.15. The van der Waals surface area contributed by atoms with Gasteiger partial charge >= 0.3 is 0 Å². The van der Waals surface area contributed by atoms with Crippen LogP contribution in [0.4, 0.5) is 0 Å². The third-order valence-corrected chi connectivity index (χ3v) is 5.21. The molecule has 0 bridgehead atoms. The van der Waals surface area contributed by atoms with Crippen molar-refractivity contribution in [2.75, 3.05) is 7.11 Å². The predicted octanol–water partition coefficient (Wildman–Crippen LogP) is 4.95. The fourth-order valence-corrected chi connectivity index (χ4v) is 3.53. The lowest BCUT2D eigenvalue weighted by Gasteiger charge is -2.09.